The van der Waals surface area contributed by atoms with Crippen LogP contribution in [0.5, 0.6) is 0 Å². The van der Waals surface area contributed by atoms with Crippen LogP contribution in [0.15, 0.2) is 47.4 Å². The predicted molar refractivity (Wildman–Crippen MR) is 103 cm³/mol. The van der Waals surface area contributed by atoms with Gasteiger partial charge in [-0.15, -0.1) is 0 Å². The summed E-state index contributed by atoms with van der Waals surface area (Å²) in [6.45, 7) is 4.03. The Kier molecular flexibility index (Phi) is 5.21. The van der Waals surface area contributed by atoms with E-state index in [1.165, 1.54) is 24.4 Å². The van der Waals surface area contributed by atoms with E-state index in [0.717, 1.165) is 12.1 Å². The van der Waals surface area contributed by atoms with Gasteiger partial charge in [0.2, 0.25) is 5.43 Å². The Morgan fingerprint density at radius 1 is 1.18 bits per heavy atom. The number of fused-ring (bicyclic) bond motifs is 1. The molecule has 0 spiro atoms. The Labute approximate surface area is 163 Å². The zero-order chi connectivity index (χ0) is 20.6. The van der Waals surface area contributed by atoms with Gasteiger partial charge in [-0.2, -0.15) is 13.2 Å². The van der Waals surface area contributed by atoms with Crippen molar-refractivity contribution in [2.45, 2.75) is 26.6 Å². The number of aryl methyl sites for hydroxylation is 2. The molecule has 0 atom stereocenters. The summed E-state index contributed by atoms with van der Waals surface area (Å²) in [7, 11) is 0. The van der Waals surface area contributed by atoms with Crippen molar-refractivity contribution in [2.75, 3.05) is 5.32 Å². The number of hydrogen-bond donors (Lipinski definition) is 1. The molecule has 28 heavy (non-hydrogen) atoms. The van der Waals surface area contributed by atoms with Crippen molar-refractivity contribution in [2.24, 2.45) is 0 Å². The van der Waals surface area contributed by atoms with Crippen LogP contribution in [0.4, 0.5) is 18.9 Å². The summed E-state index contributed by atoms with van der Waals surface area (Å²) >= 11 is 6.14. The number of anilines is 1. The van der Waals surface area contributed by atoms with Crippen LogP contribution in [0.25, 0.3) is 10.9 Å². The highest BCUT2D eigenvalue weighted by atomic mass is 35.5. The maximum absolute atomic E-state index is 13.2. The van der Waals surface area contributed by atoms with E-state index in [1.54, 1.807) is 17.6 Å². The summed E-state index contributed by atoms with van der Waals surface area (Å²) in [6, 6.07) is 7.68. The second kappa shape index (κ2) is 7.31. The summed E-state index contributed by atoms with van der Waals surface area (Å²) in [5.41, 5.74) is -0.924. The number of halogens is 4. The van der Waals surface area contributed by atoms with Gasteiger partial charge < -0.3 is 9.88 Å². The molecule has 0 radical (unpaired) electrons. The second-order valence-electron chi connectivity index (χ2n) is 6.22. The van der Waals surface area contributed by atoms with Gasteiger partial charge in [-0.05, 0) is 43.7 Å². The first-order chi connectivity index (χ1) is 13.1. The molecule has 4 nitrogen and oxygen atoms in total. The van der Waals surface area contributed by atoms with E-state index in [4.69, 9.17) is 11.6 Å². The number of para-hydroxylation sites is 1. The van der Waals surface area contributed by atoms with E-state index in [2.05, 4.69) is 5.32 Å². The van der Waals surface area contributed by atoms with E-state index in [9.17, 15) is 22.8 Å². The van der Waals surface area contributed by atoms with Crippen molar-refractivity contribution in [3.05, 3.63) is 74.5 Å². The molecule has 0 aliphatic heterocycles. The average Bonchev–Trinajstić information content (AvgIpc) is 2.64. The lowest BCUT2D eigenvalue weighted by molar-refractivity contribution is -0.136. The Morgan fingerprint density at radius 3 is 2.50 bits per heavy atom. The van der Waals surface area contributed by atoms with Gasteiger partial charge in [0.25, 0.3) is 5.91 Å². The van der Waals surface area contributed by atoms with Crippen molar-refractivity contribution in [1.29, 1.82) is 0 Å². The number of rotatable bonds is 3. The van der Waals surface area contributed by atoms with E-state index in [1.807, 2.05) is 6.92 Å². The van der Waals surface area contributed by atoms with Crippen molar-refractivity contribution in [3.63, 3.8) is 0 Å². The number of carbonyl (C=O) groups excluding carboxylic acids is 1. The first-order valence-electron chi connectivity index (χ1n) is 8.45. The monoisotopic (exact) mass is 408 g/mol. The number of amides is 1. The van der Waals surface area contributed by atoms with Crippen molar-refractivity contribution >= 4 is 34.1 Å². The molecule has 146 valence electrons. The molecule has 0 bridgehead atoms. The molecule has 3 rings (SSSR count). The van der Waals surface area contributed by atoms with Gasteiger partial charge >= 0.3 is 6.18 Å². The largest absolute Gasteiger partial charge is 0.418 e. The maximum Gasteiger partial charge on any atom is 0.418 e. The first-order valence-corrected chi connectivity index (χ1v) is 8.82. The normalized spacial score (nSPS) is 11.6. The van der Waals surface area contributed by atoms with Gasteiger partial charge in [-0.3, -0.25) is 9.59 Å². The lowest BCUT2D eigenvalue weighted by atomic mass is 10.1. The molecule has 2 aromatic carbocycles. The highest BCUT2D eigenvalue weighted by molar-refractivity contribution is 6.32. The summed E-state index contributed by atoms with van der Waals surface area (Å²) < 4.78 is 41.2. The quantitative estimate of drug-likeness (QED) is 0.643. The Hall–Kier alpha value is -2.80. The van der Waals surface area contributed by atoms with Gasteiger partial charge in [0.05, 0.1) is 16.8 Å². The van der Waals surface area contributed by atoms with Crippen LogP contribution in [-0.4, -0.2) is 10.5 Å². The zero-order valence-corrected chi connectivity index (χ0v) is 15.8. The number of aromatic nitrogens is 1. The molecule has 0 saturated carbocycles. The second-order valence-corrected chi connectivity index (χ2v) is 6.63. The number of pyridine rings is 1. The molecule has 0 unspecified atom stereocenters. The number of benzene rings is 2. The minimum Gasteiger partial charge on any atom is -0.346 e. The molecule has 1 amide bonds. The van der Waals surface area contributed by atoms with E-state index in [0.29, 0.717) is 22.6 Å². The Balaban J connectivity index is 2.13. The SMILES string of the molecule is CCn1cc(C(=O)Nc2ccccc2C(F)(F)F)c(=O)c2ccc(Cl)c(C)c21. The number of nitrogens with zero attached hydrogens (tertiary/aromatic N) is 1. The third kappa shape index (κ3) is 3.49. The van der Waals surface area contributed by atoms with Crippen molar-refractivity contribution in [3.8, 4) is 0 Å². The molecule has 1 heterocycles. The predicted octanol–water partition coefficient (Wildman–Crippen LogP) is 5.25. The van der Waals surface area contributed by atoms with Gasteiger partial charge in [0, 0.05) is 23.2 Å². The van der Waals surface area contributed by atoms with Crippen LogP contribution >= 0.6 is 11.6 Å². The number of nitrogens with one attached hydrogen (secondary N) is 1. The zero-order valence-electron chi connectivity index (χ0n) is 15.0. The van der Waals surface area contributed by atoms with Gasteiger partial charge in [0.1, 0.15) is 5.56 Å². The van der Waals surface area contributed by atoms with Crippen LogP contribution in [0, 0.1) is 6.92 Å². The van der Waals surface area contributed by atoms with Crippen molar-refractivity contribution in [1.82, 2.24) is 4.57 Å². The summed E-state index contributed by atoms with van der Waals surface area (Å²) in [4.78, 5) is 25.5. The molecular weight excluding hydrogens is 393 g/mol. The molecular formula is C20H16ClF3N2O2. The minimum atomic E-state index is -4.63. The summed E-state index contributed by atoms with van der Waals surface area (Å²) in [6.07, 6.45) is -3.29. The lowest BCUT2D eigenvalue weighted by Crippen LogP contribution is -2.25. The first kappa shape index (κ1) is 19.9. The number of carbonyl (C=O) groups is 1. The summed E-state index contributed by atoms with van der Waals surface area (Å²) in [5, 5.41) is 2.97. The smallest absolute Gasteiger partial charge is 0.346 e. The highest BCUT2D eigenvalue weighted by Gasteiger charge is 2.33. The van der Waals surface area contributed by atoms with Gasteiger partial charge in [-0.1, -0.05) is 23.7 Å². The molecule has 1 aromatic heterocycles. The Morgan fingerprint density at radius 2 is 1.86 bits per heavy atom. The molecule has 3 aromatic rings. The summed E-state index contributed by atoms with van der Waals surface area (Å²) in [5.74, 6) is -0.904. The standard InChI is InChI=1S/C20H16ClF3N2O2/c1-3-26-10-13(18(27)12-8-9-15(21)11(2)17(12)26)19(28)25-16-7-5-4-6-14(16)20(22,23)24/h4-10H,3H2,1-2H3,(H,25,28). The average molecular weight is 409 g/mol. The van der Waals surface area contributed by atoms with E-state index >= 15 is 0 Å². The third-order valence-corrected chi connectivity index (χ3v) is 4.90. The molecule has 0 aliphatic rings. The maximum atomic E-state index is 13.2. The van der Waals surface area contributed by atoms with E-state index in [-0.39, 0.29) is 10.9 Å². The van der Waals surface area contributed by atoms with Crippen LogP contribution in [0.1, 0.15) is 28.4 Å². The van der Waals surface area contributed by atoms with Gasteiger partial charge in [-0.25, -0.2) is 0 Å². The fourth-order valence-corrected chi connectivity index (χ4v) is 3.25. The molecule has 1 N–H and O–H groups in total. The van der Waals surface area contributed by atoms with Crippen LogP contribution in [-0.2, 0) is 12.7 Å². The van der Waals surface area contributed by atoms with Gasteiger partial charge in [0.15, 0.2) is 0 Å². The lowest BCUT2D eigenvalue weighted by Gasteiger charge is -2.16. The molecule has 0 saturated heterocycles. The molecule has 0 aliphatic carbocycles. The topological polar surface area (TPSA) is 51.1 Å². The van der Waals surface area contributed by atoms with E-state index < -0.39 is 28.8 Å². The minimum absolute atomic E-state index is 0.243. The number of hydrogen-bond acceptors (Lipinski definition) is 2. The fourth-order valence-electron chi connectivity index (χ4n) is 3.09. The van der Waals surface area contributed by atoms with Crippen LogP contribution < -0.4 is 10.7 Å². The Bertz CT molecular complexity index is 1140. The fraction of sp³-hybridized carbons (Fsp3) is 0.200. The van der Waals surface area contributed by atoms with Crippen LogP contribution in [0.2, 0.25) is 5.02 Å². The third-order valence-electron chi connectivity index (χ3n) is 4.49. The molecule has 0 fully saturated rings. The highest BCUT2D eigenvalue weighted by Crippen LogP contribution is 2.34. The van der Waals surface area contributed by atoms with Crippen molar-refractivity contribution < 1.29 is 18.0 Å². The van der Waals surface area contributed by atoms with Crippen LogP contribution in [0.3, 0.4) is 0 Å². The molecule has 8 heteroatoms. The number of alkyl halides is 3.